The lowest BCUT2D eigenvalue weighted by atomic mass is 9.93. The third-order valence-electron chi connectivity index (χ3n) is 5.80. The van der Waals surface area contributed by atoms with Crippen molar-refractivity contribution >= 4 is 23.2 Å². The van der Waals surface area contributed by atoms with Crippen LogP contribution in [0, 0.1) is 25.7 Å². The number of hydrogen-bond acceptors (Lipinski definition) is 6. The number of amides is 1. The minimum Gasteiger partial charge on any atom is -0.355 e. The van der Waals surface area contributed by atoms with E-state index >= 15 is 0 Å². The van der Waals surface area contributed by atoms with Crippen LogP contribution in [0.3, 0.4) is 0 Å². The Bertz CT molecular complexity index is 1050. The quantitative estimate of drug-likeness (QED) is 0.695. The summed E-state index contributed by atoms with van der Waals surface area (Å²) < 4.78 is 1.87. The Morgan fingerprint density at radius 3 is 2.59 bits per heavy atom. The number of aryl methyl sites for hydroxylation is 2. The zero-order valence-corrected chi connectivity index (χ0v) is 16.8. The predicted molar refractivity (Wildman–Crippen MR) is 110 cm³/mol. The van der Waals surface area contributed by atoms with Crippen molar-refractivity contribution in [1.29, 1.82) is 0 Å². The molecular formula is C21H25N7O. The highest BCUT2D eigenvalue weighted by Gasteiger charge is 2.30. The van der Waals surface area contributed by atoms with Gasteiger partial charge in [0.25, 0.3) is 5.91 Å². The van der Waals surface area contributed by atoms with Gasteiger partial charge in [-0.15, -0.1) is 0 Å². The normalized spacial score (nSPS) is 16.8. The molecule has 3 aromatic heterocycles. The van der Waals surface area contributed by atoms with Gasteiger partial charge in [-0.2, -0.15) is 0 Å². The summed E-state index contributed by atoms with van der Waals surface area (Å²) in [4.78, 5) is 32.4. The standard InChI is InChI=1S/C21H25N7O/c1-13-9-28-12-18(25-14(2)20(28)24-13)26-21(29)17-7-23-19(8-22-17)27-10-16(11-27)6-5-15-3-4-15/h7-9,12,15-16H,3-6,10-11H2,1-2H3,(H,26,29). The highest BCUT2D eigenvalue weighted by atomic mass is 16.1. The number of fused-ring (bicyclic) bond motifs is 1. The Hall–Kier alpha value is -3.03. The van der Waals surface area contributed by atoms with E-state index in [0.717, 1.165) is 47.8 Å². The van der Waals surface area contributed by atoms with Gasteiger partial charge in [-0.3, -0.25) is 4.79 Å². The maximum absolute atomic E-state index is 12.5. The van der Waals surface area contributed by atoms with Gasteiger partial charge in [-0.25, -0.2) is 19.9 Å². The molecule has 2 aliphatic rings. The van der Waals surface area contributed by atoms with Crippen LogP contribution < -0.4 is 10.2 Å². The molecule has 1 amide bonds. The second-order valence-electron chi connectivity index (χ2n) is 8.33. The SMILES string of the molecule is Cc1cn2cc(NC(=O)c3cnc(N4CC(CCC5CC5)C4)cn3)nc(C)c2n1. The van der Waals surface area contributed by atoms with E-state index in [-0.39, 0.29) is 11.6 Å². The summed E-state index contributed by atoms with van der Waals surface area (Å²) in [5.74, 6) is 2.76. The molecule has 1 aliphatic carbocycles. The molecule has 0 radical (unpaired) electrons. The van der Waals surface area contributed by atoms with Gasteiger partial charge in [0.2, 0.25) is 0 Å². The largest absolute Gasteiger partial charge is 0.355 e. The van der Waals surface area contributed by atoms with E-state index in [1.165, 1.54) is 31.9 Å². The summed E-state index contributed by atoms with van der Waals surface area (Å²) in [5.41, 5.74) is 2.72. The van der Waals surface area contributed by atoms with Crippen LogP contribution in [0.15, 0.2) is 24.8 Å². The highest BCUT2D eigenvalue weighted by molar-refractivity contribution is 6.02. The lowest BCUT2D eigenvalue weighted by molar-refractivity contribution is 0.102. The number of imidazole rings is 1. The number of hydrogen-bond donors (Lipinski definition) is 1. The lowest BCUT2D eigenvalue weighted by Gasteiger charge is -2.40. The number of nitrogens with one attached hydrogen (secondary N) is 1. The Kier molecular flexibility index (Phi) is 4.41. The van der Waals surface area contributed by atoms with Gasteiger partial charge in [-0.05, 0) is 32.1 Å². The molecule has 8 nitrogen and oxygen atoms in total. The molecule has 4 heterocycles. The summed E-state index contributed by atoms with van der Waals surface area (Å²) in [5, 5.41) is 2.80. The molecule has 0 unspecified atom stereocenters. The molecule has 0 spiro atoms. The van der Waals surface area contributed by atoms with Crippen LogP contribution in [0.2, 0.25) is 0 Å². The van der Waals surface area contributed by atoms with E-state index in [1.807, 2.05) is 24.4 Å². The minimum absolute atomic E-state index is 0.279. The van der Waals surface area contributed by atoms with Crippen LogP contribution >= 0.6 is 0 Å². The molecule has 3 aromatic rings. The number of aromatic nitrogens is 5. The molecule has 150 valence electrons. The van der Waals surface area contributed by atoms with Crippen molar-refractivity contribution in [1.82, 2.24) is 24.3 Å². The van der Waals surface area contributed by atoms with Crippen molar-refractivity contribution in [2.24, 2.45) is 11.8 Å². The first-order valence-electron chi connectivity index (χ1n) is 10.3. The first-order valence-corrected chi connectivity index (χ1v) is 10.3. The second kappa shape index (κ2) is 7.09. The number of carbonyl (C=O) groups is 1. The van der Waals surface area contributed by atoms with Gasteiger partial charge in [0.1, 0.15) is 17.3 Å². The number of nitrogens with zero attached hydrogens (tertiary/aromatic N) is 6. The average molecular weight is 391 g/mol. The summed E-state index contributed by atoms with van der Waals surface area (Å²) in [6, 6.07) is 0. The minimum atomic E-state index is -0.321. The zero-order valence-electron chi connectivity index (χ0n) is 16.8. The van der Waals surface area contributed by atoms with Crippen molar-refractivity contribution in [2.45, 2.75) is 39.5 Å². The van der Waals surface area contributed by atoms with E-state index in [4.69, 9.17) is 0 Å². The summed E-state index contributed by atoms with van der Waals surface area (Å²) in [6.07, 6.45) is 12.4. The van der Waals surface area contributed by atoms with E-state index < -0.39 is 0 Å². The molecule has 8 heteroatoms. The molecule has 0 aromatic carbocycles. The first-order chi connectivity index (χ1) is 14.0. The molecule has 1 saturated carbocycles. The first kappa shape index (κ1) is 18.0. The van der Waals surface area contributed by atoms with Crippen molar-refractivity contribution in [3.8, 4) is 0 Å². The number of anilines is 2. The summed E-state index contributed by atoms with van der Waals surface area (Å²) in [6.45, 7) is 5.88. The predicted octanol–water partition coefficient (Wildman–Crippen LogP) is 3.01. The van der Waals surface area contributed by atoms with Gasteiger partial charge in [0, 0.05) is 19.3 Å². The van der Waals surface area contributed by atoms with Crippen molar-refractivity contribution in [3.63, 3.8) is 0 Å². The van der Waals surface area contributed by atoms with Crippen LogP contribution in [0.25, 0.3) is 5.65 Å². The topological polar surface area (TPSA) is 88.3 Å². The molecular weight excluding hydrogens is 366 g/mol. The van der Waals surface area contributed by atoms with Crippen LogP contribution in [0.5, 0.6) is 0 Å². The van der Waals surface area contributed by atoms with Gasteiger partial charge < -0.3 is 14.6 Å². The molecule has 1 N–H and O–H groups in total. The van der Waals surface area contributed by atoms with Crippen molar-refractivity contribution in [2.75, 3.05) is 23.3 Å². The Morgan fingerprint density at radius 1 is 1.07 bits per heavy atom. The lowest BCUT2D eigenvalue weighted by Crippen LogP contribution is -2.47. The molecule has 1 aliphatic heterocycles. The molecule has 5 rings (SSSR count). The van der Waals surface area contributed by atoms with Crippen molar-refractivity contribution in [3.05, 3.63) is 41.9 Å². The average Bonchev–Trinajstić information content (AvgIpc) is 3.41. The second-order valence-corrected chi connectivity index (χ2v) is 8.33. The Balaban J connectivity index is 1.20. The highest BCUT2D eigenvalue weighted by Crippen LogP contribution is 2.36. The monoisotopic (exact) mass is 391 g/mol. The smallest absolute Gasteiger partial charge is 0.277 e. The summed E-state index contributed by atoms with van der Waals surface area (Å²) in [7, 11) is 0. The Labute approximate surface area is 169 Å². The maximum atomic E-state index is 12.5. The van der Waals surface area contributed by atoms with Gasteiger partial charge in [0.15, 0.2) is 5.65 Å². The Morgan fingerprint density at radius 2 is 1.86 bits per heavy atom. The van der Waals surface area contributed by atoms with Gasteiger partial charge >= 0.3 is 0 Å². The fourth-order valence-corrected chi connectivity index (χ4v) is 3.93. The van der Waals surface area contributed by atoms with E-state index in [9.17, 15) is 4.79 Å². The molecule has 1 saturated heterocycles. The molecule has 2 fully saturated rings. The number of carbonyl (C=O) groups excluding carboxylic acids is 1. The van der Waals surface area contributed by atoms with Crippen LogP contribution in [-0.4, -0.2) is 43.3 Å². The van der Waals surface area contributed by atoms with E-state index in [0.29, 0.717) is 5.82 Å². The fraction of sp³-hybridized carbons (Fsp3) is 0.476. The van der Waals surface area contributed by atoms with Crippen LogP contribution in [0.4, 0.5) is 11.6 Å². The van der Waals surface area contributed by atoms with Crippen LogP contribution in [0.1, 0.15) is 47.6 Å². The number of rotatable bonds is 6. The van der Waals surface area contributed by atoms with Gasteiger partial charge in [-0.1, -0.05) is 19.3 Å². The third-order valence-corrected chi connectivity index (χ3v) is 5.80. The fourth-order valence-electron chi connectivity index (χ4n) is 3.93. The maximum Gasteiger partial charge on any atom is 0.277 e. The molecule has 29 heavy (non-hydrogen) atoms. The van der Waals surface area contributed by atoms with Gasteiger partial charge in [0.05, 0.1) is 30.0 Å². The summed E-state index contributed by atoms with van der Waals surface area (Å²) >= 11 is 0. The van der Waals surface area contributed by atoms with E-state index in [2.05, 4.69) is 30.2 Å². The van der Waals surface area contributed by atoms with Crippen LogP contribution in [-0.2, 0) is 0 Å². The van der Waals surface area contributed by atoms with E-state index in [1.54, 1.807) is 12.4 Å². The zero-order chi connectivity index (χ0) is 20.0. The molecule has 0 bridgehead atoms. The third kappa shape index (κ3) is 3.79. The molecule has 0 atom stereocenters. The van der Waals surface area contributed by atoms with Crippen molar-refractivity contribution < 1.29 is 4.79 Å².